The van der Waals surface area contributed by atoms with Crippen LogP contribution in [0.1, 0.15) is 34.3 Å². The summed E-state index contributed by atoms with van der Waals surface area (Å²) in [6.07, 6.45) is 0.538. The maximum atomic E-state index is 12.1. The first-order chi connectivity index (χ1) is 11.5. The summed E-state index contributed by atoms with van der Waals surface area (Å²) in [6.45, 7) is 3.18. The Bertz CT molecular complexity index is 774. The molecule has 1 aromatic carbocycles. The molecule has 8 nitrogen and oxygen atoms in total. The molecule has 0 unspecified atom stereocenters. The van der Waals surface area contributed by atoms with E-state index in [-0.39, 0.29) is 6.61 Å². The molecule has 0 atom stereocenters. The number of amides is 2. The number of nitriles is 1. The van der Waals surface area contributed by atoms with Crippen LogP contribution in [0.4, 0.5) is 0 Å². The zero-order valence-corrected chi connectivity index (χ0v) is 13.3. The fraction of sp³-hybridized carbons (Fsp3) is 0.250. The van der Waals surface area contributed by atoms with Gasteiger partial charge in [0.2, 0.25) is 0 Å². The molecule has 0 aliphatic rings. The zero-order valence-electron chi connectivity index (χ0n) is 13.3. The molecule has 1 aromatic heterocycles. The molecule has 124 valence electrons. The number of nitrogens with one attached hydrogen (secondary N) is 2. The van der Waals surface area contributed by atoms with Gasteiger partial charge in [-0.3, -0.25) is 20.4 Å². The highest BCUT2D eigenvalue weighted by Crippen LogP contribution is 2.13. The van der Waals surface area contributed by atoms with Crippen molar-refractivity contribution in [1.82, 2.24) is 16.0 Å². The van der Waals surface area contributed by atoms with E-state index in [2.05, 4.69) is 16.0 Å². The summed E-state index contributed by atoms with van der Waals surface area (Å²) in [5.41, 5.74) is 5.88. The quantitative estimate of drug-likeness (QED) is 0.798. The number of aromatic nitrogens is 1. The number of hydrogen-bond donors (Lipinski definition) is 2. The highest BCUT2D eigenvalue weighted by Gasteiger charge is 2.19. The van der Waals surface area contributed by atoms with Crippen LogP contribution in [0, 0.1) is 18.3 Å². The molecular weight excluding hydrogens is 312 g/mol. The van der Waals surface area contributed by atoms with Crippen molar-refractivity contribution >= 4 is 11.8 Å². The number of aryl methyl sites for hydroxylation is 2. The number of hydrazine groups is 1. The highest BCUT2D eigenvalue weighted by molar-refractivity contribution is 5.97. The van der Waals surface area contributed by atoms with Crippen LogP contribution in [0.15, 0.2) is 28.8 Å². The lowest BCUT2D eigenvalue weighted by molar-refractivity contribution is -0.123. The summed E-state index contributed by atoms with van der Waals surface area (Å²) in [6, 6.07) is 8.31. The molecule has 0 spiro atoms. The van der Waals surface area contributed by atoms with E-state index >= 15 is 0 Å². The van der Waals surface area contributed by atoms with E-state index in [0.29, 0.717) is 34.8 Å². The van der Waals surface area contributed by atoms with Gasteiger partial charge in [-0.2, -0.15) is 5.26 Å². The molecule has 0 fully saturated rings. The third kappa shape index (κ3) is 4.10. The molecule has 2 rings (SSSR count). The molecule has 0 saturated carbocycles. The van der Waals surface area contributed by atoms with Gasteiger partial charge < -0.3 is 9.26 Å². The number of nitrogens with zero attached hydrogens (tertiary/aromatic N) is 2. The van der Waals surface area contributed by atoms with E-state index in [9.17, 15) is 9.59 Å². The predicted octanol–water partition coefficient (Wildman–Crippen LogP) is 1.26. The molecule has 24 heavy (non-hydrogen) atoms. The molecule has 0 bridgehead atoms. The van der Waals surface area contributed by atoms with Crippen molar-refractivity contribution in [2.24, 2.45) is 0 Å². The van der Waals surface area contributed by atoms with Gasteiger partial charge in [0.15, 0.2) is 6.61 Å². The second-order valence-corrected chi connectivity index (χ2v) is 4.84. The first-order valence-electron chi connectivity index (χ1n) is 7.22. The smallest absolute Gasteiger partial charge is 0.276 e. The van der Waals surface area contributed by atoms with Gasteiger partial charge >= 0.3 is 0 Å². The molecule has 2 aromatic rings. The molecule has 0 saturated heterocycles. The third-order valence-corrected chi connectivity index (χ3v) is 3.16. The van der Waals surface area contributed by atoms with Gasteiger partial charge in [-0.25, -0.2) is 0 Å². The van der Waals surface area contributed by atoms with Gasteiger partial charge in [0.05, 0.1) is 17.3 Å². The Morgan fingerprint density at radius 3 is 2.62 bits per heavy atom. The molecule has 0 radical (unpaired) electrons. The monoisotopic (exact) mass is 328 g/mol. The molecule has 1 heterocycles. The molecule has 0 aliphatic heterocycles. The largest absolute Gasteiger partial charge is 0.484 e. The molecule has 8 heteroatoms. The Hall–Kier alpha value is -3.34. The van der Waals surface area contributed by atoms with Crippen LogP contribution in [0.3, 0.4) is 0 Å². The summed E-state index contributed by atoms with van der Waals surface area (Å²) in [7, 11) is 0. The van der Waals surface area contributed by atoms with E-state index in [1.165, 1.54) is 0 Å². The molecule has 2 amide bonds. The van der Waals surface area contributed by atoms with E-state index in [1.54, 1.807) is 31.2 Å². The number of rotatable bonds is 5. The topological polar surface area (TPSA) is 117 Å². The Kier molecular flexibility index (Phi) is 5.52. The van der Waals surface area contributed by atoms with Crippen molar-refractivity contribution in [3.05, 3.63) is 46.8 Å². The summed E-state index contributed by atoms with van der Waals surface area (Å²) in [5, 5.41) is 12.5. The van der Waals surface area contributed by atoms with Gasteiger partial charge in [-0.15, -0.1) is 0 Å². The number of carbonyl (C=O) groups is 2. The van der Waals surface area contributed by atoms with Crippen LogP contribution in [0.5, 0.6) is 5.75 Å². The van der Waals surface area contributed by atoms with E-state index < -0.39 is 11.8 Å². The molecule has 0 aliphatic carbocycles. The van der Waals surface area contributed by atoms with E-state index in [4.69, 9.17) is 14.5 Å². The van der Waals surface area contributed by atoms with Crippen LogP contribution in [0.25, 0.3) is 0 Å². The summed E-state index contributed by atoms with van der Waals surface area (Å²) in [4.78, 5) is 23.8. The van der Waals surface area contributed by atoms with Gasteiger partial charge in [0.25, 0.3) is 11.8 Å². The maximum absolute atomic E-state index is 12.1. The Balaban J connectivity index is 1.83. The normalized spacial score (nSPS) is 9.88. The second-order valence-electron chi connectivity index (χ2n) is 4.84. The Morgan fingerprint density at radius 2 is 2.00 bits per heavy atom. The van der Waals surface area contributed by atoms with Crippen molar-refractivity contribution < 1.29 is 18.8 Å². The van der Waals surface area contributed by atoms with Crippen LogP contribution in [-0.2, 0) is 11.2 Å². The number of benzene rings is 1. The minimum Gasteiger partial charge on any atom is -0.484 e. The minimum atomic E-state index is -0.528. The summed E-state index contributed by atoms with van der Waals surface area (Å²) >= 11 is 0. The molecular formula is C16H16N4O4. The predicted molar refractivity (Wildman–Crippen MR) is 82.9 cm³/mol. The lowest BCUT2D eigenvalue weighted by Crippen LogP contribution is -2.44. The Labute approximate surface area is 138 Å². The van der Waals surface area contributed by atoms with Gasteiger partial charge in [0, 0.05) is 0 Å². The van der Waals surface area contributed by atoms with Crippen LogP contribution >= 0.6 is 0 Å². The number of ether oxygens (including phenoxy) is 1. The van der Waals surface area contributed by atoms with Crippen LogP contribution in [0.2, 0.25) is 0 Å². The average Bonchev–Trinajstić information content (AvgIpc) is 2.99. The summed E-state index contributed by atoms with van der Waals surface area (Å²) in [5.74, 6) is -0.205. The first-order valence-corrected chi connectivity index (χ1v) is 7.22. The van der Waals surface area contributed by atoms with Crippen molar-refractivity contribution in [2.75, 3.05) is 6.61 Å². The van der Waals surface area contributed by atoms with Crippen molar-refractivity contribution in [2.45, 2.75) is 20.3 Å². The van der Waals surface area contributed by atoms with Gasteiger partial charge in [0.1, 0.15) is 17.1 Å². The Morgan fingerprint density at radius 1 is 1.29 bits per heavy atom. The zero-order chi connectivity index (χ0) is 17.5. The lowest BCUT2D eigenvalue weighted by Gasteiger charge is -2.09. The van der Waals surface area contributed by atoms with Crippen LogP contribution in [-0.4, -0.2) is 23.6 Å². The summed E-state index contributed by atoms with van der Waals surface area (Å²) < 4.78 is 10.2. The van der Waals surface area contributed by atoms with Crippen molar-refractivity contribution in [3.63, 3.8) is 0 Å². The fourth-order valence-corrected chi connectivity index (χ4v) is 1.95. The average molecular weight is 328 g/mol. The number of hydrogen-bond acceptors (Lipinski definition) is 6. The maximum Gasteiger partial charge on any atom is 0.276 e. The first kappa shape index (κ1) is 17.0. The molecule has 2 N–H and O–H groups in total. The van der Waals surface area contributed by atoms with Crippen molar-refractivity contribution in [3.8, 4) is 11.8 Å². The van der Waals surface area contributed by atoms with Crippen molar-refractivity contribution in [1.29, 1.82) is 5.26 Å². The number of carbonyl (C=O) groups excluding carboxylic acids is 2. The van der Waals surface area contributed by atoms with E-state index in [1.807, 2.05) is 13.0 Å². The van der Waals surface area contributed by atoms with Crippen LogP contribution < -0.4 is 15.6 Å². The second kappa shape index (κ2) is 7.78. The standard InChI is InChI=1S/C16H16N4O4/c1-3-13-15(10(2)24-20-13)16(22)19-18-14(21)9-23-12-6-4-11(8-17)5-7-12/h4-7H,3,9H2,1-2H3,(H,18,21)(H,19,22). The van der Waals surface area contributed by atoms with Gasteiger partial charge in [-0.1, -0.05) is 12.1 Å². The third-order valence-electron chi connectivity index (χ3n) is 3.16. The SMILES string of the molecule is CCc1noc(C)c1C(=O)NNC(=O)COc1ccc(C#N)cc1. The fourth-order valence-electron chi connectivity index (χ4n) is 1.95. The van der Waals surface area contributed by atoms with Gasteiger partial charge in [-0.05, 0) is 37.6 Å². The lowest BCUT2D eigenvalue weighted by atomic mass is 10.1. The van der Waals surface area contributed by atoms with E-state index in [0.717, 1.165) is 0 Å². The minimum absolute atomic E-state index is 0.282. The highest BCUT2D eigenvalue weighted by atomic mass is 16.5.